The minimum absolute atomic E-state index is 0.00569. The van der Waals surface area contributed by atoms with Crippen molar-refractivity contribution < 1.29 is 4.79 Å². The van der Waals surface area contributed by atoms with Crippen LogP contribution >= 0.6 is 23.2 Å². The van der Waals surface area contributed by atoms with Crippen LogP contribution in [0.3, 0.4) is 0 Å². The van der Waals surface area contributed by atoms with E-state index in [-0.39, 0.29) is 11.8 Å². The van der Waals surface area contributed by atoms with Crippen molar-refractivity contribution in [2.24, 2.45) is 13.0 Å². The smallest absolute Gasteiger partial charge is 0.227 e. The Hall–Kier alpha value is -2.08. The fourth-order valence-electron chi connectivity index (χ4n) is 3.71. The molecule has 0 atom stereocenters. The van der Waals surface area contributed by atoms with Gasteiger partial charge in [-0.1, -0.05) is 35.3 Å². The van der Waals surface area contributed by atoms with Gasteiger partial charge >= 0.3 is 0 Å². The molecule has 4 rings (SSSR count). The van der Waals surface area contributed by atoms with E-state index in [1.807, 2.05) is 18.2 Å². The molecule has 1 saturated heterocycles. The van der Waals surface area contributed by atoms with E-state index in [4.69, 9.17) is 28.2 Å². The summed E-state index contributed by atoms with van der Waals surface area (Å²) in [6, 6.07) is 13.3. The number of carbonyl (C=O) groups is 1. The van der Waals surface area contributed by atoms with Gasteiger partial charge in [-0.25, -0.2) is 4.98 Å². The van der Waals surface area contributed by atoms with E-state index in [1.54, 1.807) is 18.2 Å². The minimum Gasteiger partial charge on any atom is -0.330 e. The van der Waals surface area contributed by atoms with Crippen LogP contribution in [0.15, 0.2) is 42.5 Å². The summed E-state index contributed by atoms with van der Waals surface area (Å²) in [6.07, 6.45) is 1.66. The largest absolute Gasteiger partial charge is 0.330 e. The van der Waals surface area contributed by atoms with Crippen molar-refractivity contribution in [3.8, 4) is 0 Å². The molecule has 0 unspecified atom stereocenters. The maximum Gasteiger partial charge on any atom is 0.227 e. The molecule has 2 aromatic carbocycles. The van der Waals surface area contributed by atoms with Crippen molar-refractivity contribution in [3.05, 3.63) is 58.3 Å². The highest BCUT2D eigenvalue weighted by molar-refractivity contribution is 6.42. The highest BCUT2D eigenvalue weighted by atomic mass is 35.5. The Morgan fingerprint density at radius 3 is 2.61 bits per heavy atom. The molecule has 1 aliphatic heterocycles. The molecular formula is C21H22Cl2N4O. The first-order chi connectivity index (χ1) is 13.5. The lowest BCUT2D eigenvalue weighted by atomic mass is 9.96. The Labute approximate surface area is 174 Å². The monoisotopic (exact) mass is 416 g/mol. The second-order valence-corrected chi connectivity index (χ2v) is 8.06. The van der Waals surface area contributed by atoms with E-state index in [1.165, 1.54) is 0 Å². The first kappa shape index (κ1) is 19.2. The fourth-order valence-corrected chi connectivity index (χ4v) is 4.01. The van der Waals surface area contributed by atoms with E-state index < -0.39 is 0 Å². The fraction of sp³-hybridized carbons (Fsp3) is 0.333. The number of likely N-dealkylation sites (tertiary alicyclic amines) is 1. The molecular weight excluding hydrogens is 395 g/mol. The third kappa shape index (κ3) is 4.02. The summed E-state index contributed by atoms with van der Waals surface area (Å²) >= 11 is 12.0. The molecule has 0 aliphatic carbocycles. The van der Waals surface area contributed by atoms with Crippen molar-refractivity contribution in [2.45, 2.75) is 19.4 Å². The summed E-state index contributed by atoms with van der Waals surface area (Å²) < 4.78 is 2.15. The maximum absolute atomic E-state index is 12.6. The van der Waals surface area contributed by atoms with Gasteiger partial charge < -0.3 is 9.88 Å². The number of nitrogens with zero attached hydrogens (tertiary/aromatic N) is 3. The number of anilines is 1. The molecule has 1 fully saturated rings. The van der Waals surface area contributed by atoms with Crippen LogP contribution < -0.4 is 5.32 Å². The van der Waals surface area contributed by atoms with Gasteiger partial charge in [0.2, 0.25) is 5.91 Å². The number of nitrogens with one attached hydrogen (secondary N) is 1. The Bertz CT molecular complexity index is 1010. The number of rotatable bonds is 4. The molecule has 0 spiro atoms. The van der Waals surface area contributed by atoms with Gasteiger partial charge in [0.1, 0.15) is 5.82 Å². The molecule has 146 valence electrons. The van der Waals surface area contributed by atoms with E-state index in [2.05, 4.69) is 27.9 Å². The number of hydrogen-bond donors (Lipinski definition) is 1. The number of para-hydroxylation sites is 2. The number of fused-ring (bicyclic) bond motifs is 1. The second-order valence-electron chi connectivity index (χ2n) is 7.24. The molecule has 5 nitrogen and oxygen atoms in total. The number of amides is 1. The third-order valence-electron chi connectivity index (χ3n) is 5.39. The average molecular weight is 417 g/mol. The normalized spacial score (nSPS) is 15.8. The van der Waals surface area contributed by atoms with E-state index >= 15 is 0 Å². The van der Waals surface area contributed by atoms with E-state index in [0.717, 1.165) is 49.3 Å². The Morgan fingerprint density at radius 2 is 1.89 bits per heavy atom. The lowest BCUT2D eigenvalue weighted by Crippen LogP contribution is -2.38. The molecule has 0 saturated carbocycles. The van der Waals surface area contributed by atoms with Crippen molar-refractivity contribution in [2.75, 3.05) is 18.4 Å². The molecule has 1 amide bonds. The van der Waals surface area contributed by atoms with Crippen LogP contribution in [0.5, 0.6) is 0 Å². The van der Waals surface area contributed by atoms with Crippen LogP contribution in [0.1, 0.15) is 18.7 Å². The summed E-state index contributed by atoms with van der Waals surface area (Å²) in [5.41, 5.74) is 2.85. The highest BCUT2D eigenvalue weighted by Gasteiger charge is 2.26. The van der Waals surface area contributed by atoms with Gasteiger partial charge in [-0.3, -0.25) is 9.69 Å². The van der Waals surface area contributed by atoms with Gasteiger partial charge in [0.15, 0.2) is 0 Å². The topological polar surface area (TPSA) is 50.2 Å². The van der Waals surface area contributed by atoms with E-state index in [0.29, 0.717) is 15.7 Å². The lowest BCUT2D eigenvalue weighted by molar-refractivity contribution is -0.121. The number of aromatic nitrogens is 2. The molecule has 1 N–H and O–H groups in total. The number of piperidine rings is 1. The summed E-state index contributed by atoms with van der Waals surface area (Å²) in [6.45, 7) is 2.55. The molecule has 7 heteroatoms. The predicted molar refractivity (Wildman–Crippen MR) is 114 cm³/mol. The highest BCUT2D eigenvalue weighted by Crippen LogP contribution is 2.26. The zero-order valence-electron chi connectivity index (χ0n) is 15.7. The SMILES string of the molecule is Cn1c(CN2CCC(C(=O)Nc3ccc(Cl)c(Cl)c3)CC2)nc2ccccc21. The number of carbonyl (C=O) groups excluding carboxylic acids is 1. The van der Waals surface area contributed by atoms with Crippen molar-refractivity contribution in [1.82, 2.24) is 14.5 Å². The van der Waals surface area contributed by atoms with E-state index in [9.17, 15) is 4.79 Å². The number of benzene rings is 2. The zero-order chi connectivity index (χ0) is 19.7. The average Bonchev–Trinajstić information content (AvgIpc) is 3.01. The molecule has 0 bridgehead atoms. The summed E-state index contributed by atoms with van der Waals surface area (Å²) in [7, 11) is 2.06. The maximum atomic E-state index is 12.6. The van der Waals surface area contributed by atoms with Crippen molar-refractivity contribution in [3.63, 3.8) is 0 Å². The zero-order valence-corrected chi connectivity index (χ0v) is 17.2. The Kier molecular flexibility index (Phi) is 5.58. The lowest BCUT2D eigenvalue weighted by Gasteiger charge is -2.31. The van der Waals surface area contributed by atoms with Gasteiger partial charge in [0.25, 0.3) is 0 Å². The summed E-state index contributed by atoms with van der Waals surface area (Å²) in [4.78, 5) is 19.7. The van der Waals surface area contributed by atoms with Crippen LogP contribution in [0.2, 0.25) is 10.0 Å². The van der Waals surface area contributed by atoms with Crippen molar-refractivity contribution in [1.29, 1.82) is 0 Å². The van der Waals surface area contributed by atoms with Gasteiger partial charge in [0, 0.05) is 18.7 Å². The van der Waals surface area contributed by atoms with Crippen LogP contribution in [0.25, 0.3) is 11.0 Å². The van der Waals surface area contributed by atoms with Crippen molar-refractivity contribution >= 4 is 45.8 Å². The Balaban J connectivity index is 1.34. The second kappa shape index (κ2) is 8.11. The van der Waals surface area contributed by atoms with Crippen LogP contribution in [0, 0.1) is 5.92 Å². The number of imidazole rings is 1. The third-order valence-corrected chi connectivity index (χ3v) is 6.13. The predicted octanol–water partition coefficient (Wildman–Crippen LogP) is 4.73. The standard InChI is InChI=1S/C21H22Cl2N4O/c1-26-19-5-3-2-4-18(19)25-20(26)13-27-10-8-14(9-11-27)21(28)24-15-6-7-16(22)17(23)12-15/h2-7,12,14H,8-11,13H2,1H3,(H,24,28). The quantitative estimate of drug-likeness (QED) is 0.668. The molecule has 3 aromatic rings. The first-order valence-corrected chi connectivity index (χ1v) is 10.2. The first-order valence-electron chi connectivity index (χ1n) is 9.40. The molecule has 1 aliphatic rings. The number of halogens is 2. The molecule has 1 aromatic heterocycles. The molecule has 28 heavy (non-hydrogen) atoms. The van der Waals surface area contributed by atoms with Crippen LogP contribution in [-0.4, -0.2) is 33.4 Å². The molecule has 2 heterocycles. The Morgan fingerprint density at radius 1 is 1.14 bits per heavy atom. The number of aryl methyl sites for hydroxylation is 1. The van der Waals surface area contributed by atoms with Crippen LogP contribution in [0.4, 0.5) is 5.69 Å². The molecule has 0 radical (unpaired) electrons. The van der Waals surface area contributed by atoms with Gasteiger partial charge in [0.05, 0.1) is 27.6 Å². The summed E-state index contributed by atoms with van der Waals surface area (Å²) in [5.74, 6) is 1.10. The summed E-state index contributed by atoms with van der Waals surface area (Å²) in [5, 5.41) is 3.88. The number of hydrogen-bond acceptors (Lipinski definition) is 3. The minimum atomic E-state index is 0.00569. The van der Waals surface area contributed by atoms with Crippen LogP contribution in [-0.2, 0) is 18.4 Å². The van der Waals surface area contributed by atoms with Gasteiger partial charge in [-0.05, 0) is 56.3 Å². The van der Waals surface area contributed by atoms with Gasteiger partial charge in [-0.15, -0.1) is 0 Å². The van der Waals surface area contributed by atoms with Gasteiger partial charge in [-0.2, -0.15) is 0 Å².